The van der Waals surface area contributed by atoms with Crippen LogP contribution in [-0.4, -0.2) is 14.5 Å². The van der Waals surface area contributed by atoms with Crippen LogP contribution >= 0.6 is 0 Å². The molecule has 0 amide bonds. The Morgan fingerprint density at radius 2 is 2.12 bits per heavy atom. The first-order valence-corrected chi connectivity index (χ1v) is 6.31. The topological polar surface area (TPSA) is 50.7 Å². The van der Waals surface area contributed by atoms with E-state index in [-0.39, 0.29) is 5.69 Å². The third-order valence-electron chi connectivity index (χ3n) is 3.83. The third-order valence-corrected chi connectivity index (χ3v) is 3.83. The van der Waals surface area contributed by atoms with Crippen molar-refractivity contribution in [2.24, 2.45) is 5.92 Å². The van der Waals surface area contributed by atoms with Crippen LogP contribution in [0.1, 0.15) is 38.6 Å². The molecular weight excluding hydrogens is 214 g/mol. The second-order valence-electron chi connectivity index (χ2n) is 5.09. The molecule has 0 aromatic carbocycles. The number of rotatable bonds is 1. The van der Waals surface area contributed by atoms with Gasteiger partial charge in [-0.15, -0.1) is 0 Å². The highest BCUT2D eigenvalue weighted by atomic mass is 16.1. The van der Waals surface area contributed by atoms with E-state index < -0.39 is 0 Å². The molecule has 0 unspecified atom stereocenters. The van der Waals surface area contributed by atoms with Crippen LogP contribution in [0.2, 0.25) is 0 Å². The van der Waals surface area contributed by atoms with Gasteiger partial charge in [-0.05, 0) is 43.7 Å². The molecule has 1 N–H and O–H groups in total. The molecule has 4 nitrogen and oxygen atoms in total. The quantitative estimate of drug-likeness (QED) is 0.819. The minimum absolute atomic E-state index is 0.0155. The minimum Gasteiger partial charge on any atom is -0.304 e. The molecule has 3 rings (SSSR count). The van der Waals surface area contributed by atoms with Crippen LogP contribution in [0.25, 0.3) is 11.2 Å². The smallest absolute Gasteiger partial charge is 0.304 e. The first-order chi connectivity index (χ1) is 8.25. The molecule has 17 heavy (non-hydrogen) atoms. The summed E-state index contributed by atoms with van der Waals surface area (Å²) < 4.78 is 1.85. The largest absolute Gasteiger partial charge is 0.327 e. The molecule has 1 fully saturated rings. The maximum Gasteiger partial charge on any atom is 0.327 e. The first-order valence-electron chi connectivity index (χ1n) is 6.31. The molecule has 0 aliphatic heterocycles. The van der Waals surface area contributed by atoms with Crippen molar-refractivity contribution in [3.8, 4) is 0 Å². The van der Waals surface area contributed by atoms with Gasteiger partial charge in [0.2, 0.25) is 0 Å². The fourth-order valence-electron chi connectivity index (χ4n) is 2.80. The Morgan fingerprint density at radius 3 is 2.88 bits per heavy atom. The lowest BCUT2D eigenvalue weighted by atomic mass is 9.87. The summed E-state index contributed by atoms with van der Waals surface area (Å²) in [5.74, 6) is 0.792. The van der Waals surface area contributed by atoms with E-state index in [0.29, 0.717) is 6.04 Å². The summed E-state index contributed by atoms with van der Waals surface area (Å²) in [5.41, 5.74) is 1.63. The van der Waals surface area contributed by atoms with Gasteiger partial charge in [0.05, 0.1) is 5.52 Å². The summed E-state index contributed by atoms with van der Waals surface area (Å²) in [7, 11) is 0. The number of aromatic amines is 1. The van der Waals surface area contributed by atoms with Crippen LogP contribution in [0.4, 0.5) is 0 Å². The number of fused-ring (bicyclic) bond motifs is 1. The van der Waals surface area contributed by atoms with E-state index in [0.717, 1.165) is 29.9 Å². The molecule has 4 heteroatoms. The molecule has 0 spiro atoms. The lowest BCUT2D eigenvalue weighted by Gasteiger charge is -2.26. The monoisotopic (exact) mass is 231 g/mol. The SMILES string of the molecule is C[C@H]1CC[C@H](n2c(=O)[nH]c3cccnc32)CC1. The highest BCUT2D eigenvalue weighted by molar-refractivity contribution is 5.70. The second kappa shape index (κ2) is 4.02. The minimum atomic E-state index is -0.0155. The summed E-state index contributed by atoms with van der Waals surface area (Å²) in [4.78, 5) is 19.2. The van der Waals surface area contributed by atoms with Crippen LogP contribution in [0.15, 0.2) is 23.1 Å². The molecule has 0 saturated heterocycles. The maximum atomic E-state index is 12.0. The van der Waals surface area contributed by atoms with Gasteiger partial charge in [-0.3, -0.25) is 4.57 Å². The van der Waals surface area contributed by atoms with E-state index in [4.69, 9.17) is 0 Å². The summed E-state index contributed by atoms with van der Waals surface area (Å²) in [6, 6.07) is 4.08. The van der Waals surface area contributed by atoms with Gasteiger partial charge in [0, 0.05) is 12.2 Å². The Hall–Kier alpha value is -1.58. The standard InChI is InChI=1S/C13H17N3O/c1-9-4-6-10(7-5-9)16-12-11(15-13(16)17)3-2-8-14-12/h2-3,8-10H,4-7H2,1H3,(H,15,17)/t9-,10-. The number of pyridine rings is 1. The van der Waals surface area contributed by atoms with E-state index in [1.807, 2.05) is 16.7 Å². The van der Waals surface area contributed by atoms with Gasteiger partial charge in [-0.2, -0.15) is 0 Å². The Bertz CT molecular complexity index is 576. The summed E-state index contributed by atoms with van der Waals surface area (Å²) in [6.45, 7) is 2.28. The van der Waals surface area contributed by atoms with Crippen molar-refractivity contribution < 1.29 is 0 Å². The molecule has 2 aromatic rings. The molecule has 1 aliphatic rings. The predicted octanol–water partition coefficient (Wildman–Crippen LogP) is 2.48. The summed E-state index contributed by atoms with van der Waals surface area (Å²) in [6.07, 6.45) is 6.33. The third kappa shape index (κ3) is 1.77. The van der Waals surface area contributed by atoms with Crippen molar-refractivity contribution in [1.82, 2.24) is 14.5 Å². The van der Waals surface area contributed by atoms with Gasteiger partial charge in [0.25, 0.3) is 0 Å². The number of aromatic nitrogens is 3. The van der Waals surface area contributed by atoms with Crippen molar-refractivity contribution in [3.05, 3.63) is 28.8 Å². The van der Waals surface area contributed by atoms with E-state index in [1.165, 1.54) is 12.8 Å². The number of nitrogens with one attached hydrogen (secondary N) is 1. The van der Waals surface area contributed by atoms with Gasteiger partial charge >= 0.3 is 5.69 Å². The number of H-pyrrole nitrogens is 1. The van der Waals surface area contributed by atoms with Gasteiger partial charge < -0.3 is 4.98 Å². The van der Waals surface area contributed by atoms with E-state index >= 15 is 0 Å². The first kappa shape index (κ1) is 10.6. The predicted molar refractivity (Wildman–Crippen MR) is 67.0 cm³/mol. The maximum absolute atomic E-state index is 12.0. The lowest BCUT2D eigenvalue weighted by molar-refractivity contribution is 0.289. The van der Waals surface area contributed by atoms with E-state index in [1.54, 1.807) is 6.20 Å². The van der Waals surface area contributed by atoms with Crippen molar-refractivity contribution in [1.29, 1.82) is 0 Å². The van der Waals surface area contributed by atoms with Crippen molar-refractivity contribution >= 4 is 11.2 Å². The van der Waals surface area contributed by atoms with E-state index in [9.17, 15) is 4.79 Å². The average Bonchev–Trinajstić information content (AvgIpc) is 2.66. The molecule has 2 heterocycles. The number of imidazole rings is 1. The summed E-state index contributed by atoms with van der Waals surface area (Å²) >= 11 is 0. The van der Waals surface area contributed by atoms with Crippen LogP contribution in [-0.2, 0) is 0 Å². The number of hydrogen-bond acceptors (Lipinski definition) is 2. The fourth-order valence-corrected chi connectivity index (χ4v) is 2.80. The number of hydrogen-bond donors (Lipinski definition) is 1. The average molecular weight is 231 g/mol. The molecule has 1 aliphatic carbocycles. The Morgan fingerprint density at radius 1 is 1.35 bits per heavy atom. The zero-order valence-electron chi connectivity index (χ0n) is 10.0. The Balaban J connectivity index is 2.05. The van der Waals surface area contributed by atoms with Crippen LogP contribution in [0.3, 0.4) is 0 Å². The molecular formula is C13H17N3O. The zero-order chi connectivity index (χ0) is 11.8. The van der Waals surface area contributed by atoms with Gasteiger partial charge in [0.1, 0.15) is 0 Å². The van der Waals surface area contributed by atoms with Crippen LogP contribution < -0.4 is 5.69 Å². The zero-order valence-corrected chi connectivity index (χ0v) is 10.0. The molecule has 90 valence electrons. The molecule has 0 atom stereocenters. The second-order valence-corrected chi connectivity index (χ2v) is 5.09. The molecule has 1 saturated carbocycles. The van der Waals surface area contributed by atoms with Crippen molar-refractivity contribution in [3.63, 3.8) is 0 Å². The van der Waals surface area contributed by atoms with Crippen molar-refractivity contribution in [2.45, 2.75) is 38.6 Å². The van der Waals surface area contributed by atoms with Crippen LogP contribution in [0.5, 0.6) is 0 Å². The van der Waals surface area contributed by atoms with Gasteiger partial charge in [0.15, 0.2) is 5.65 Å². The Labute approximate surface area is 99.7 Å². The number of nitrogens with zero attached hydrogens (tertiary/aromatic N) is 2. The molecule has 2 aromatic heterocycles. The molecule has 0 radical (unpaired) electrons. The highest BCUT2D eigenvalue weighted by Crippen LogP contribution is 2.32. The lowest BCUT2D eigenvalue weighted by Crippen LogP contribution is -2.25. The molecule has 0 bridgehead atoms. The van der Waals surface area contributed by atoms with E-state index in [2.05, 4.69) is 16.9 Å². The normalized spacial score (nSPS) is 25.2. The fraction of sp³-hybridized carbons (Fsp3) is 0.538. The van der Waals surface area contributed by atoms with Gasteiger partial charge in [-0.25, -0.2) is 9.78 Å². The van der Waals surface area contributed by atoms with Crippen LogP contribution in [0, 0.1) is 5.92 Å². The Kier molecular flexibility index (Phi) is 2.50. The highest BCUT2D eigenvalue weighted by Gasteiger charge is 2.23. The van der Waals surface area contributed by atoms with Gasteiger partial charge in [-0.1, -0.05) is 6.92 Å². The summed E-state index contributed by atoms with van der Waals surface area (Å²) in [5, 5.41) is 0. The van der Waals surface area contributed by atoms with Crippen molar-refractivity contribution in [2.75, 3.05) is 0 Å².